The first kappa shape index (κ1) is 22.1. The molecule has 8 nitrogen and oxygen atoms in total. The van der Waals surface area contributed by atoms with E-state index in [4.69, 9.17) is 14.5 Å². The van der Waals surface area contributed by atoms with E-state index in [0.717, 1.165) is 36.2 Å². The molecule has 1 fully saturated rings. The zero-order valence-electron chi connectivity index (χ0n) is 19.3. The second-order valence-electron chi connectivity index (χ2n) is 8.42. The van der Waals surface area contributed by atoms with Gasteiger partial charge in [0, 0.05) is 61.6 Å². The van der Waals surface area contributed by atoms with Gasteiger partial charge in [-0.15, -0.1) is 0 Å². The van der Waals surface area contributed by atoms with Crippen LogP contribution in [0.25, 0.3) is 10.9 Å². The monoisotopic (exact) mass is 436 g/mol. The second-order valence-corrected chi connectivity index (χ2v) is 8.42. The number of para-hydroxylation sites is 1. The molecule has 1 saturated carbocycles. The van der Waals surface area contributed by atoms with Crippen LogP contribution in [0, 0.1) is 0 Å². The molecule has 2 heterocycles. The lowest BCUT2D eigenvalue weighted by molar-refractivity contribution is 0.334. The Balaban J connectivity index is 1.42. The Labute approximate surface area is 189 Å². The van der Waals surface area contributed by atoms with E-state index in [9.17, 15) is 0 Å². The predicted molar refractivity (Wildman–Crippen MR) is 128 cm³/mol. The molecule has 4 rings (SSSR count). The largest absolute Gasteiger partial charge is 0.481 e. The van der Waals surface area contributed by atoms with Crippen molar-refractivity contribution >= 4 is 22.4 Å². The molecule has 3 aromatic rings. The average molecular weight is 437 g/mol. The lowest BCUT2D eigenvalue weighted by Gasteiger charge is -2.31. The van der Waals surface area contributed by atoms with E-state index in [-0.39, 0.29) is 0 Å². The molecular formula is C24H32N6O2. The summed E-state index contributed by atoms with van der Waals surface area (Å²) in [5, 5.41) is 8.51. The van der Waals surface area contributed by atoms with Gasteiger partial charge in [0.15, 0.2) is 0 Å². The minimum absolute atomic E-state index is 0.313. The maximum atomic E-state index is 5.40. The smallest absolute Gasteiger partial charge is 0.319 e. The van der Waals surface area contributed by atoms with Crippen molar-refractivity contribution in [2.75, 3.05) is 38.5 Å². The van der Waals surface area contributed by atoms with Gasteiger partial charge in [0.05, 0.1) is 19.7 Å². The van der Waals surface area contributed by atoms with Gasteiger partial charge in [-0.25, -0.2) is 9.97 Å². The summed E-state index contributed by atoms with van der Waals surface area (Å²) in [6.45, 7) is 0.656. The molecule has 0 saturated heterocycles. The zero-order chi connectivity index (χ0) is 22.5. The first-order chi connectivity index (χ1) is 15.6. The highest BCUT2D eigenvalue weighted by molar-refractivity contribution is 5.93. The Morgan fingerprint density at radius 3 is 2.66 bits per heavy atom. The highest BCUT2D eigenvalue weighted by atomic mass is 16.5. The molecule has 170 valence electrons. The summed E-state index contributed by atoms with van der Waals surface area (Å²) >= 11 is 0. The third-order valence-electron chi connectivity index (χ3n) is 5.96. The SMILES string of the molecule is COc1ncc(CNC2CCCC(Nc3cc(N(C)C)c4ccccc4n3)C2)c(OC)n1. The molecule has 1 aliphatic carbocycles. The summed E-state index contributed by atoms with van der Waals surface area (Å²) in [7, 11) is 7.31. The predicted octanol–water partition coefficient (Wildman–Crippen LogP) is 3.62. The average Bonchev–Trinajstić information content (AvgIpc) is 2.82. The fourth-order valence-electron chi connectivity index (χ4n) is 4.34. The topological polar surface area (TPSA) is 84.4 Å². The van der Waals surface area contributed by atoms with Crippen molar-refractivity contribution in [2.45, 2.75) is 44.3 Å². The van der Waals surface area contributed by atoms with Crippen LogP contribution in [0.15, 0.2) is 36.5 Å². The van der Waals surface area contributed by atoms with Gasteiger partial charge in [-0.2, -0.15) is 4.98 Å². The summed E-state index contributed by atoms with van der Waals surface area (Å²) in [5.74, 6) is 1.48. The number of rotatable bonds is 8. The van der Waals surface area contributed by atoms with Gasteiger partial charge in [-0.05, 0) is 31.7 Å². The Bertz CT molecular complexity index is 1060. The van der Waals surface area contributed by atoms with E-state index >= 15 is 0 Å². The molecule has 2 atom stereocenters. The number of anilines is 2. The van der Waals surface area contributed by atoms with Crippen LogP contribution in [0.5, 0.6) is 11.9 Å². The van der Waals surface area contributed by atoms with Gasteiger partial charge >= 0.3 is 6.01 Å². The number of methoxy groups -OCH3 is 2. The van der Waals surface area contributed by atoms with Gasteiger partial charge < -0.3 is 25.0 Å². The van der Waals surface area contributed by atoms with E-state index < -0.39 is 0 Å². The molecule has 1 aromatic carbocycles. The molecule has 0 aliphatic heterocycles. The van der Waals surface area contributed by atoms with Gasteiger partial charge in [-0.3, -0.25) is 0 Å². The summed E-state index contributed by atoms with van der Waals surface area (Å²) < 4.78 is 10.5. The van der Waals surface area contributed by atoms with E-state index in [1.165, 1.54) is 17.5 Å². The zero-order valence-corrected chi connectivity index (χ0v) is 19.3. The number of aromatic nitrogens is 3. The van der Waals surface area contributed by atoms with Crippen LogP contribution in [0.3, 0.4) is 0 Å². The van der Waals surface area contributed by atoms with E-state index in [1.54, 1.807) is 20.4 Å². The molecule has 0 amide bonds. The van der Waals surface area contributed by atoms with E-state index in [2.05, 4.69) is 63.9 Å². The van der Waals surface area contributed by atoms with Crippen LogP contribution in [-0.2, 0) is 6.54 Å². The van der Waals surface area contributed by atoms with Crippen molar-refractivity contribution in [2.24, 2.45) is 0 Å². The fourth-order valence-corrected chi connectivity index (χ4v) is 4.34. The normalized spacial score (nSPS) is 18.4. The number of pyridine rings is 1. The van der Waals surface area contributed by atoms with Gasteiger partial charge in [0.2, 0.25) is 5.88 Å². The molecule has 32 heavy (non-hydrogen) atoms. The van der Waals surface area contributed by atoms with Crippen molar-refractivity contribution in [3.8, 4) is 11.9 Å². The third-order valence-corrected chi connectivity index (χ3v) is 5.96. The highest BCUT2D eigenvalue weighted by Crippen LogP contribution is 2.29. The second kappa shape index (κ2) is 9.99. The van der Waals surface area contributed by atoms with Crippen molar-refractivity contribution in [3.63, 3.8) is 0 Å². The number of ether oxygens (including phenoxy) is 2. The van der Waals surface area contributed by atoms with Crippen LogP contribution in [0.1, 0.15) is 31.2 Å². The molecule has 2 unspecified atom stereocenters. The molecule has 2 aromatic heterocycles. The number of hydrogen-bond donors (Lipinski definition) is 2. The number of nitrogens with zero attached hydrogens (tertiary/aromatic N) is 4. The van der Waals surface area contributed by atoms with Crippen molar-refractivity contribution < 1.29 is 9.47 Å². The molecule has 1 aliphatic rings. The minimum Gasteiger partial charge on any atom is -0.481 e. The lowest BCUT2D eigenvalue weighted by Crippen LogP contribution is -2.38. The van der Waals surface area contributed by atoms with Crippen LogP contribution >= 0.6 is 0 Å². The molecule has 2 N–H and O–H groups in total. The summed E-state index contributed by atoms with van der Waals surface area (Å²) in [6.07, 6.45) is 6.24. The summed E-state index contributed by atoms with van der Waals surface area (Å²) in [4.78, 5) is 15.5. The summed E-state index contributed by atoms with van der Waals surface area (Å²) in [5.41, 5.74) is 3.11. The van der Waals surface area contributed by atoms with Crippen molar-refractivity contribution in [3.05, 3.63) is 42.1 Å². The summed E-state index contributed by atoms with van der Waals surface area (Å²) in [6, 6.07) is 11.5. The number of nitrogens with one attached hydrogen (secondary N) is 2. The maximum Gasteiger partial charge on any atom is 0.319 e. The highest BCUT2D eigenvalue weighted by Gasteiger charge is 2.23. The van der Waals surface area contributed by atoms with E-state index in [1.807, 2.05) is 6.07 Å². The van der Waals surface area contributed by atoms with Gasteiger partial charge in [0.1, 0.15) is 5.82 Å². The van der Waals surface area contributed by atoms with Crippen LogP contribution < -0.4 is 25.0 Å². The molecule has 0 spiro atoms. The Kier molecular flexibility index (Phi) is 6.90. The molecule has 8 heteroatoms. The van der Waals surface area contributed by atoms with Crippen LogP contribution in [0.4, 0.5) is 11.5 Å². The molecule has 0 radical (unpaired) electrons. The number of hydrogen-bond acceptors (Lipinski definition) is 8. The van der Waals surface area contributed by atoms with Gasteiger partial charge in [-0.1, -0.05) is 18.2 Å². The number of fused-ring (bicyclic) bond motifs is 1. The Hall–Kier alpha value is -3.13. The third kappa shape index (κ3) is 5.02. The standard InChI is InChI=1S/C24H32N6O2/c1-30(2)21-13-22(28-20-11-6-5-10-19(20)21)27-18-9-7-8-17(12-18)25-14-16-15-26-24(32-4)29-23(16)31-3/h5-6,10-11,13,15,17-18,25H,7-9,12,14H2,1-4H3,(H,27,28). The Morgan fingerprint density at radius 2 is 1.88 bits per heavy atom. The molecule has 0 bridgehead atoms. The Morgan fingerprint density at radius 1 is 1.06 bits per heavy atom. The lowest BCUT2D eigenvalue weighted by atomic mass is 9.91. The molecular weight excluding hydrogens is 404 g/mol. The maximum absolute atomic E-state index is 5.40. The first-order valence-corrected chi connectivity index (χ1v) is 11.1. The van der Waals surface area contributed by atoms with E-state index in [0.29, 0.717) is 30.5 Å². The number of benzene rings is 1. The van der Waals surface area contributed by atoms with Crippen LogP contribution in [0.2, 0.25) is 0 Å². The quantitative estimate of drug-likeness (QED) is 0.554. The van der Waals surface area contributed by atoms with Crippen molar-refractivity contribution in [1.82, 2.24) is 20.3 Å². The van der Waals surface area contributed by atoms with Crippen molar-refractivity contribution in [1.29, 1.82) is 0 Å². The fraction of sp³-hybridized carbons (Fsp3) is 0.458. The van der Waals surface area contributed by atoms with Gasteiger partial charge in [0.25, 0.3) is 0 Å². The van der Waals surface area contributed by atoms with Crippen LogP contribution in [-0.4, -0.2) is 55.4 Å². The first-order valence-electron chi connectivity index (χ1n) is 11.1. The minimum atomic E-state index is 0.313.